The number of aryl methyl sites for hydroxylation is 1. The summed E-state index contributed by atoms with van der Waals surface area (Å²) >= 11 is 3.67. The van der Waals surface area contributed by atoms with E-state index in [1.54, 1.807) is 6.07 Å². The SMILES string of the molecule is CCOc1ccc(C)cc1C(Br)Cc1ccccc1F. The fourth-order valence-electron chi connectivity index (χ4n) is 2.17. The number of hydrogen-bond acceptors (Lipinski definition) is 1. The summed E-state index contributed by atoms with van der Waals surface area (Å²) in [6.45, 7) is 4.63. The molecule has 0 fully saturated rings. The molecule has 3 heteroatoms. The van der Waals surface area contributed by atoms with E-state index in [-0.39, 0.29) is 10.6 Å². The Morgan fingerprint density at radius 3 is 2.65 bits per heavy atom. The van der Waals surface area contributed by atoms with Crippen molar-refractivity contribution in [2.45, 2.75) is 25.1 Å². The molecular formula is C17H18BrFO. The summed E-state index contributed by atoms with van der Waals surface area (Å²) in [6, 6.07) is 13.0. The van der Waals surface area contributed by atoms with Crippen LogP contribution in [0.4, 0.5) is 4.39 Å². The van der Waals surface area contributed by atoms with Gasteiger partial charge in [0.2, 0.25) is 0 Å². The summed E-state index contributed by atoms with van der Waals surface area (Å²) < 4.78 is 19.4. The highest BCUT2D eigenvalue weighted by molar-refractivity contribution is 9.09. The Labute approximate surface area is 127 Å². The van der Waals surface area contributed by atoms with Crippen LogP contribution in [-0.2, 0) is 6.42 Å². The molecular weight excluding hydrogens is 319 g/mol. The Kier molecular flexibility index (Phi) is 5.18. The maximum absolute atomic E-state index is 13.7. The Morgan fingerprint density at radius 2 is 1.95 bits per heavy atom. The van der Waals surface area contributed by atoms with Gasteiger partial charge in [0.05, 0.1) is 6.61 Å². The largest absolute Gasteiger partial charge is 0.494 e. The summed E-state index contributed by atoms with van der Waals surface area (Å²) in [6.07, 6.45) is 0.593. The minimum atomic E-state index is -0.164. The Bertz CT molecular complexity index is 583. The first kappa shape index (κ1) is 15.0. The van der Waals surface area contributed by atoms with E-state index in [0.717, 1.165) is 11.3 Å². The van der Waals surface area contributed by atoms with Crippen LogP contribution in [0.3, 0.4) is 0 Å². The van der Waals surface area contributed by atoms with Crippen molar-refractivity contribution in [1.82, 2.24) is 0 Å². The molecule has 0 N–H and O–H groups in total. The van der Waals surface area contributed by atoms with Crippen LogP contribution in [0.2, 0.25) is 0 Å². The highest BCUT2D eigenvalue weighted by Crippen LogP contribution is 2.35. The van der Waals surface area contributed by atoms with Crippen LogP contribution in [0.5, 0.6) is 5.75 Å². The van der Waals surface area contributed by atoms with E-state index in [2.05, 4.69) is 22.0 Å². The first-order valence-corrected chi connectivity index (χ1v) is 7.64. The van der Waals surface area contributed by atoms with Crippen molar-refractivity contribution in [2.75, 3.05) is 6.61 Å². The van der Waals surface area contributed by atoms with E-state index >= 15 is 0 Å². The smallest absolute Gasteiger partial charge is 0.126 e. The first-order chi connectivity index (χ1) is 9.61. The van der Waals surface area contributed by atoms with Crippen LogP contribution in [0.15, 0.2) is 42.5 Å². The molecule has 0 aliphatic rings. The third-order valence-corrected chi connectivity index (χ3v) is 3.98. The minimum absolute atomic E-state index is 0.0286. The van der Waals surface area contributed by atoms with Gasteiger partial charge in [-0.1, -0.05) is 51.8 Å². The monoisotopic (exact) mass is 336 g/mol. The van der Waals surface area contributed by atoms with E-state index in [1.807, 2.05) is 38.1 Å². The van der Waals surface area contributed by atoms with Crippen LogP contribution in [0.25, 0.3) is 0 Å². The molecule has 2 aromatic carbocycles. The highest BCUT2D eigenvalue weighted by atomic mass is 79.9. The number of hydrogen-bond donors (Lipinski definition) is 0. The van der Waals surface area contributed by atoms with E-state index in [1.165, 1.54) is 11.6 Å². The Morgan fingerprint density at radius 1 is 1.20 bits per heavy atom. The van der Waals surface area contributed by atoms with Gasteiger partial charge in [0.15, 0.2) is 0 Å². The molecule has 1 nitrogen and oxygen atoms in total. The van der Waals surface area contributed by atoms with Gasteiger partial charge >= 0.3 is 0 Å². The summed E-state index contributed by atoms with van der Waals surface area (Å²) in [5, 5.41) is 0. The number of rotatable bonds is 5. The lowest BCUT2D eigenvalue weighted by atomic mass is 10.0. The molecule has 20 heavy (non-hydrogen) atoms. The van der Waals surface area contributed by atoms with Gasteiger partial charge in [0.25, 0.3) is 0 Å². The Hall–Kier alpha value is -1.35. The zero-order valence-electron chi connectivity index (χ0n) is 11.7. The van der Waals surface area contributed by atoms with Crippen LogP contribution in [0.1, 0.15) is 28.4 Å². The zero-order valence-corrected chi connectivity index (χ0v) is 13.3. The molecule has 2 aromatic rings. The van der Waals surface area contributed by atoms with Crippen molar-refractivity contribution >= 4 is 15.9 Å². The van der Waals surface area contributed by atoms with Crippen molar-refractivity contribution < 1.29 is 9.13 Å². The van der Waals surface area contributed by atoms with Crippen LogP contribution >= 0.6 is 15.9 Å². The molecule has 0 heterocycles. The van der Waals surface area contributed by atoms with Crippen LogP contribution in [-0.4, -0.2) is 6.61 Å². The second-order valence-electron chi connectivity index (χ2n) is 4.74. The topological polar surface area (TPSA) is 9.23 Å². The van der Waals surface area contributed by atoms with Crippen molar-refractivity contribution in [3.05, 3.63) is 65.0 Å². The molecule has 1 atom stereocenters. The number of benzene rings is 2. The number of ether oxygens (including phenoxy) is 1. The summed E-state index contributed by atoms with van der Waals surface area (Å²) in [4.78, 5) is 0.0286. The molecule has 106 valence electrons. The molecule has 0 spiro atoms. The predicted octanol–water partition coefficient (Wildman–Crippen LogP) is 5.21. The standard InChI is InChI=1S/C17H18BrFO/c1-3-20-17-9-8-12(2)10-14(17)15(18)11-13-6-4-5-7-16(13)19/h4-10,15H,3,11H2,1-2H3. The molecule has 0 amide bonds. The predicted molar refractivity (Wildman–Crippen MR) is 84.1 cm³/mol. The van der Waals surface area contributed by atoms with Gasteiger partial charge in [-0.3, -0.25) is 0 Å². The van der Waals surface area contributed by atoms with Gasteiger partial charge in [0, 0.05) is 10.4 Å². The lowest BCUT2D eigenvalue weighted by Gasteiger charge is -2.16. The zero-order chi connectivity index (χ0) is 14.5. The molecule has 0 saturated heterocycles. The second kappa shape index (κ2) is 6.89. The van der Waals surface area contributed by atoms with Gasteiger partial charge < -0.3 is 4.74 Å². The maximum atomic E-state index is 13.7. The van der Waals surface area contributed by atoms with E-state index in [0.29, 0.717) is 18.6 Å². The number of halogens is 2. The fourth-order valence-corrected chi connectivity index (χ4v) is 2.87. The van der Waals surface area contributed by atoms with Crippen LogP contribution < -0.4 is 4.74 Å². The lowest BCUT2D eigenvalue weighted by molar-refractivity contribution is 0.336. The van der Waals surface area contributed by atoms with Crippen molar-refractivity contribution in [1.29, 1.82) is 0 Å². The maximum Gasteiger partial charge on any atom is 0.126 e. The first-order valence-electron chi connectivity index (χ1n) is 6.72. The van der Waals surface area contributed by atoms with E-state index < -0.39 is 0 Å². The summed E-state index contributed by atoms with van der Waals surface area (Å²) in [5.74, 6) is 0.693. The summed E-state index contributed by atoms with van der Waals surface area (Å²) in [7, 11) is 0. The van der Waals surface area contributed by atoms with Gasteiger partial charge in [-0.2, -0.15) is 0 Å². The van der Waals surface area contributed by atoms with Crippen molar-refractivity contribution in [3.8, 4) is 5.75 Å². The lowest BCUT2D eigenvalue weighted by Crippen LogP contribution is -2.02. The fraction of sp³-hybridized carbons (Fsp3) is 0.294. The van der Waals surface area contributed by atoms with Crippen molar-refractivity contribution in [3.63, 3.8) is 0 Å². The average molecular weight is 337 g/mol. The van der Waals surface area contributed by atoms with Crippen LogP contribution in [0, 0.1) is 12.7 Å². The molecule has 0 saturated carbocycles. The summed E-state index contributed by atoms with van der Waals surface area (Å²) in [5.41, 5.74) is 2.94. The van der Waals surface area contributed by atoms with Gasteiger partial charge in [-0.15, -0.1) is 0 Å². The van der Waals surface area contributed by atoms with Gasteiger partial charge in [-0.05, 0) is 38.0 Å². The third kappa shape index (κ3) is 3.60. The average Bonchev–Trinajstić information content (AvgIpc) is 2.43. The number of alkyl halides is 1. The molecule has 0 aliphatic carbocycles. The molecule has 0 aromatic heterocycles. The van der Waals surface area contributed by atoms with Gasteiger partial charge in [-0.25, -0.2) is 4.39 Å². The highest BCUT2D eigenvalue weighted by Gasteiger charge is 2.16. The second-order valence-corrected chi connectivity index (χ2v) is 5.84. The molecule has 2 rings (SSSR count). The van der Waals surface area contributed by atoms with Gasteiger partial charge in [0.1, 0.15) is 11.6 Å². The quantitative estimate of drug-likeness (QED) is 0.681. The normalized spacial score (nSPS) is 12.2. The molecule has 0 aliphatic heterocycles. The third-order valence-electron chi connectivity index (χ3n) is 3.16. The molecule has 0 bridgehead atoms. The molecule has 0 radical (unpaired) electrons. The minimum Gasteiger partial charge on any atom is -0.494 e. The molecule has 1 unspecified atom stereocenters. The van der Waals surface area contributed by atoms with Crippen molar-refractivity contribution in [2.24, 2.45) is 0 Å². The van der Waals surface area contributed by atoms with E-state index in [9.17, 15) is 4.39 Å². The van der Waals surface area contributed by atoms with E-state index in [4.69, 9.17) is 4.74 Å². The Balaban J connectivity index is 2.26.